The molecule has 1 aromatic rings. The van der Waals surface area contributed by atoms with Gasteiger partial charge >= 0.3 is 6.09 Å². The van der Waals surface area contributed by atoms with Crippen LogP contribution in [0.1, 0.15) is 37.8 Å². The van der Waals surface area contributed by atoms with E-state index in [2.05, 4.69) is 15.3 Å². The van der Waals surface area contributed by atoms with Crippen LogP contribution in [0.5, 0.6) is 0 Å². The second-order valence-electron chi connectivity index (χ2n) is 5.82. The smallest absolute Gasteiger partial charge is 0.407 e. The number of aromatic amines is 1. The normalized spacial score (nSPS) is 18.9. The zero-order valence-corrected chi connectivity index (χ0v) is 12.0. The van der Waals surface area contributed by atoms with Crippen molar-refractivity contribution in [2.24, 2.45) is 0 Å². The Morgan fingerprint density at radius 1 is 1.50 bits per heavy atom. The van der Waals surface area contributed by atoms with E-state index < -0.39 is 11.7 Å². The van der Waals surface area contributed by atoms with Crippen LogP contribution in [0.4, 0.5) is 4.79 Å². The standard InChI is InChI=1S/C13H20N4O3/c1-13(2,3)20-12(19)16-9-4-7-17(8-9)11(18)10-14-5-6-15-10/h5-6,9H,4,7-8H2,1-3H3,(H,14,15)(H,16,19). The Labute approximate surface area is 117 Å². The lowest BCUT2D eigenvalue weighted by Gasteiger charge is -2.21. The van der Waals surface area contributed by atoms with Crippen LogP contribution < -0.4 is 5.32 Å². The maximum atomic E-state index is 12.1. The van der Waals surface area contributed by atoms with Gasteiger partial charge in [0.1, 0.15) is 5.60 Å². The molecular weight excluding hydrogens is 260 g/mol. The largest absolute Gasteiger partial charge is 0.444 e. The molecule has 0 bridgehead atoms. The van der Waals surface area contributed by atoms with Crippen molar-refractivity contribution < 1.29 is 14.3 Å². The van der Waals surface area contributed by atoms with Gasteiger partial charge in [0.25, 0.3) is 5.91 Å². The summed E-state index contributed by atoms with van der Waals surface area (Å²) in [4.78, 5) is 32.1. The molecule has 1 aliphatic heterocycles. The number of nitrogens with one attached hydrogen (secondary N) is 2. The van der Waals surface area contributed by atoms with E-state index in [1.165, 1.54) is 0 Å². The van der Waals surface area contributed by atoms with E-state index in [4.69, 9.17) is 4.74 Å². The Hall–Kier alpha value is -2.05. The fourth-order valence-electron chi connectivity index (χ4n) is 2.07. The average Bonchev–Trinajstić information content (AvgIpc) is 2.95. The van der Waals surface area contributed by atoms with Crippen molar-refractivity contribution in [1.29, 1.82) is 0 Å². The highest BCUT2D eigenvalue weighted by atomic mass is 16.6. The first-order valence-corrected chi connectivity index (χ1v) is 6.63. The van der Waals surface area contributed by atoms with Crippen molar-refractivity contribution in [3.05, 3.63) is 18.2 Å². The Bertz CT molecular complexity index is 478. The summed E-state index contributed by atoms with van der Waals surface area (Å²) in [5.74, 6) is 0.173. The monoisotopic (exact) mass is 280 g/mol. The summed E-state index contributed by atoms with van der Waals surface area (Å²) < 4.78 is 5.20. The molecule has 1 unspecified atom stereocenters. The summed E-state index contributed by atoms with van der Waals surface area (Å²) in [7, 11) is 0. The van der Waals surface area contributed by atoms with Gasteiger partial charge in [0.05, 0.1) is 6.04 Å². The number of aromatic nitrogens is 2. The van der Waals surface area contributed by atoms with Crippen LogP contribution in [0.25, 0.3) is 0 Å². The molecule has 1 saturated heterocycles. The minimum Gasteiger partial charge on any atom is -0.444 e. The van der Waals surface area contributed by atoms with Crippen molar-refractivity contribution >= 4 is 12.0 Å². The predicted molar refractivity (Wildman–Crippen MR) is 72.3 cm³/mol. The third-order valence-corrected chi connectivity index (χ3v) is 2.90. The van der Waals surface area contributed by atoms with Gasteiger partial charge in [-0.25, -0.2) is 9.78 Å². The number of hydrogen-bond donors (Lipinski definition) is 2. The molecule has 0 saturated carbocycles. The summed E-state index contributed by atoms with van der Waals surface area (Å²) in [5.41, 5.74) is -0.521. The number of likely N-dealkylation sites (tertiary alicyclic amines) is 1. The lowest BCUT2D eigenvalue weighted by molar-refractivity contribution is 0.0502. The van der Waals surface area contributed by atoms with Gasteiger partial charge in [-0.2, -0.15) is 0 Å². The first-order valence-electron chi connectivity index (χ1n) is 6.63. The van der Waals surface area contributed by atoms with Crippen LogP contribution in [-0.4, -0.2) is 51.6 Å². The number of carbonyl (C=O) groups excluding carboxylic acids is 2. The van der Waals surface area contributed by atoms with Gasteiger partial charge in [0.2, 0.25) is 0 Å². The zero-order valence-electron chi connectivity index (χ0n) is 12.0. The van der Waals surface area contributed by atoms with E-state index in [9.17, 15) is 9.59 Å². The van der Waals surface area contributed by atoms with E-state index in [0.717, 1.165) is 0 Å². The fourth-order valence-corrected chi connectivity index (χ4v) is 2.07. The number of H-pyrrole nitrogens is 1. The number of imidazole rings is 1. The van der Waals surface area contributed by atoms with E-state index in [0.29, 0.717) is 25.3 Å². The lowest BCUT2D eigenvalue weighted by Crippen LogP contribution is -2.41. The molecule has 0 aromatic carbocycles. The van der Waals surface area contributed by atoms with E-state index in [-0.39, 0.29) is 11.9 Å². The van der Waals surface area contributed by atoms with Crippen molar-refractivity contribution in [2.75, 3.05) is 13.1 Å². The highest BCUT2D eigenvalue weighted by Gasteiger charge is 2.30. The lowest BCUT2D eigenvalue weighted by atomic mass is 10.2. The third-order valence-electron chi connectivity index (χ3n) is 2.90. The van der Waals surface area contributed by atoms with Gasteiger partial charge in [0.15, 0.2) is 5.82 Å². The molecule has 7 nitrogen and oxygen atoms in total. The van der Waals surface area contributed by atoms with Crippen LogP contribution in [0.3, 0.4) is 0 Å². The Kier molecular flexibility index (Phi) is 3.96. The van der Waals surface area contributed by atoms with Crippen LogP contribution >= 0.6 is 0 Å². The topological polar surface area (TPSA) is 87.3 Å². The minimum atomic E-state index is -0.521. The predicted octanol–water partition coefficient (Wildman–Crippen LogP) is 1.15. The van der Waals surface area contributed by atoms with Crippen LogP contribution in [0, 0.1) is 0 Å². The molecule has 0 aliphatic carbocycles. The second kappa shape index (κ2) is 5.52. The molecule has 2 amide bonds. The average molecular weight is 280 g/mol. The van der Waals surface area contributed by atoms with Gasteiger partial charge in [-0.1, -0.05) is 0 Å². The van der Waals surface area contributed by atoms with Crippen LogP contribution in [0.2, 0.25) is 0 Å². The Morgan fingerprint density at radius 3 is 2.85 bits per heavy atom. The number of carbonyl (C=O) groups is 2. The third kappa shape index (κ3) is 3.72. The molecule has 20 heavy (non-hydrogen) atoms. The molecule has 2 N–H and O–H groups in total. The molecule has 1 atom stereocenters. The van der Waals surface area contributed by atoms with Crippen molar-refractivity contribution in [3.63, 3.8) is 0 Å². The van der Waals surface area contributed by atoms with Gasteiger partial charge in [-0.15, -0.1) is 0 Å². The SMILES string of the molecule is CC(C)(C)OC(=O)NC1CCN(C(=O)c2ncc[nH]2)C1. The molecular formula is C13H20N4O3. The van der Waals surface area contributed by atoms with E-state index in [1.54, 1.807) is 17.3 Å². The first kappa shape index (κ1) is 14.4. The van der Waals surface area contributed by atoms with Crippen molar-refractivity contribution in [2.45, 2.75) is 38.8 Å². The molecule has 2 heterocycles. The van der Waals surface area contributed by atoms with Crippen LogP contribution in [-0.2, 0) is 4.74 Å². The number of alkyl carbamates (subject to hydrolysis) is 1. The highest BCUT2D eigenvalue weighted by molar-refractivity contribution is 5.90. The second-order valence-corrected chi connectivity index (χ2v) is 5.82. The highest BCUT2D eigenvalue weighted by Crippen LogP contribution is 2.13. The molecule has 110 valence electrons. The van der Waals surface area contributed by atoms with Crippen molar-refractivity contribution in [3.8, 4) is 0 Å². The fraction of sp³-hybridized carbons (Fsp3) is 0.615. The molecule has 1 fully saturated rings. The maximum Gasteiger partial charge on any atom is 0.407 e. The first-order chi connectivity index (χ1) is 9.35. The van der Waals surface area contributed by atoms with Crippen molar-refractivity contribution in [1.82, 2.24) is 20.2 Å². The summed E-state index contributed by atoms with van der Waals surface area (Å²) >= 11 is 0. The summed E-state index contributed by atoms with van der Waals surface area (Å²) in [6.45, 7) is 6.51. The summed E-state index contributed by atoms with van der Waals surface area (Å²) in [6.07, 6.45) is 3.42. The molecule has 0 spiro atoms. The number of nitrogens with zero attached hydrogens (tertiary/aromatic N) is 2. The minimum absolute atomic E-state index is 0.0798. The van der Waals surface area contributed by atoms with Gasteiger partial charge in [-0.3, -0.25) is 4.79 Å². The summed E-state index contributed by atoms with van der Waals surface area (Å²) in [6, 6.07) is -0.0798. The Balaban J connectivity index is 1.84. The summed E-state index contributed by atoms with van der Waals surface area (Å²) in [5, 5.41) is 2.78. The number of rotatable bonds is 2. The maximum absolute atomic E-state index is 12.1. The molecule has 2 rings (SSSR count). The quantitative estimate of drug-likeness (QED) is 0.850. The number of ether oxygens (including phenoxy) is 1. The zero-order chi connectivity index (χ0) is 14.8. The van der Waals surface area contributed by atoms with Gasteiger partial charge in [-0.05, 0) is 27.2 Å². The molecule has 7 heteroatoms. The van der Waals surface area contributed by atoms with E-state index in [1.807, 2.05) is 20.8 Å². The molecule has 0 radical (unpaired) electrons. The number of hydrogen-bond acceptors (Lipinski definition) is 4. The van der Waals surface area contributed by atoms with Gasteiger partial charge < -0.3 is 19.9 Å². The van der Waals surface area contributed by atoms with E-state index >= 15 is 0 Å². The van der Waals surface area contributed by atoms with Gasteiger partial charge in [0, 0.05) is 25.5 Å². The molecule has 1 aromatic heterocycles. The number of amides is 2. The molecule has 1 aliphatic rings. The Morgan fingerprint density at radius 2 is 2.25 bits per heavy atom. The van der Waals surface area contributed by atoms with Crippen LogP contribution in [0.15, 0.2) is 12.4 Å².